The molecule has 1 aliphatic heterocycles. The lowest BCUT2D eigenvalue weighted by atomic mass is 9.74. The Morgan fingerprint density at radius 2 is 1.77 bits per heavy atom. The summed E-state index contributed by atoms with van der Waals surface area (Å²) in [6.45, 7) is 4.15. The van der Waals surface area contributed by atoms with Crippen molar-refractivity contribution in [3.05, 3.63) is 70.7 Å². The van der Waals surface area contributed by atoms with Crippen molar-refractivity contribution in [3.8, 4) is 0 Å². The fraction of sp³-hybridized carbons (Fsp3) is 0.435. The van der Waals surface area contributed by atoms with Crippen molar-refractivity contribution in [1.82, 2.24) is 10.6 Å². The molecule has 0 radical (unpaired) electrons. The van der Waals surface area contributed by atoms with Crippen LogP contribution in [-0.2, 0) is 21.5 Å². The summed E-state index contributed by atoms with van der Waals surface area (Å²) < 4.78 is 11.3. The third-order valence-corrected chi connectivity index (χ3v) is 5.69. The number of aliphatic imine (C=N–C) groups is 1. The Hall–Kier alpha value is -1.35. The Kier molecular flexibility index (Phi) is 10.9. The number of guanidine groups is 1. The second-order valence-electron chi connectivity index (χ2n) is 7.26. The van der Waals surface area contributed by atoms with E-state index >= 15 is 0 Å². The predicted octanol–water partition coefficient (Wildman–Crippen LogP) is 4.39. The highest BCUT2D eigenvalue weighted by Crippen LogP contribution is 2.38. The average Bonchev–Trinajstić information content (AvgIpc) is 2.77. The van der Waals surface area contributed by atoms with E-state index in [1.165, 1.54) is 11.1 Å². The summed E-state index contributed by atoms with van der Waals surface area (Å²) in [4.78, 5) is 4.35. The number of rotatable bonds is 8. The molecule has 1 fully saturated rings. The molecule has 164 valence electrons. The molecule has 0 saturated carbocycles. The lowest BCUT2D eigenvalue weighted by molar-refractivity contribution is 0.0514. The number of nitrogens with one attached hydrogen (secondary N) is 2. The third kappa shape index (κ3) is 7.11. The number of hydrogen-bond donors (Lipinski definition) is 2. The summed E-state index contributed by atoms with van der Waals surface area (Å²) in [7, 11) is 1.78. The first-order valence-corrected chi connectivity index (χ1v) is 10.5. The zero-order valence-corrected chi connectivity index (χ0v) is 20.5. The van der Waals surface area contributed by atoms with E-state index in [0.717, 1.165) is 43.6 Å². The highest BCUT2D eigenvalue weighted by molar-refractivity contribution is 14.0. The van der Waals surface area contributed by atoms with E-state index in [-0.39, 0.29) is 29.4 Å². The van der Waals surface area contributed by atoms with Crippen molar-refractivity contribution in [3.63, 3.8) is 0 Å². The molecule has 7 heteroatoms. The van der Waals surface area contributed by atoms with E-state index in [9.17, 15) is 0 Å². The van der Waals surface area contributed by atoms with Gasteiger partial charge >= 0.3 is 0 Å². The molecule has 0 atom stereocenters. The third-order valence-electron chi connectivity index (χ3n) is 5.36. The molecule has 3 rings (SSSR count). The first-order chi connectivity index (χ1) is 14.2. The van der Waals surface area contributed by atoms with E-state index in [4.69, 9.17) is 21.1 Å². The number of ether oxygens (including phenoxy) is 2. The SMILES string of the molecule is CN=C(NCCOCc1ccccc1)NCC1(c2ccccc2Cl)CCOCC1.I. The van der Waals surface area contributed by atoms with Crippen LogP contribution in [0.1, 0.15) is 24.0 Å². The molecular formula is C23H31ClIN3O2. The van der Waals surface area contributed by atoms with E-state index in [0.29, 0.717) is 19.8 Å². The molecule has 1 aliphatic rings. The van der Waals surface area contributed by atoms with Gasteiger partial charge in [0.15, 0.2) is 5.96 Å². The monoisotopic (exact) mass is 543 g/mol. The lowest BCUT2D eigenvalue weighted by Crippen LogP contribution is -2.48. The fourth-order valence-corrected chi connectivity index (χ4v) is 4.01. The Morgan fingerprint density at radius 1 is 1.07 bits per heavy atom. The smallest absolute Gasteiger partial charge is 0.191 e. The molecule has 0 spiro atoms. The van der Waals surface area contributed by atoms with Crippen LogP contribution in [0.3, 0.4) is 0 Å². The van der Waals surface area contributed by atoms with Crippen LogP contribution in [0.4, 0.5) is 0 Å². The minimum atomic E-state index is -0.0575. The maximum Gasteiger partial charge on any atom is 0.191 e. The summed E-state index contributed by atoms with van der Waals surface area (Å²) in [6.07, 6.45) is 1.86. The molecule has 0 bridgehead atoms. The van der Waals surface area contributed by atoms with Gasteiger partial charge in [-0.2, -0.15) is 0 Å². The molecule has 1 saturated heterocycles. The molecule has 30 heavy (non-hydrogen) atoms. The Labute approximate surface area is 201 Å². The van der Waals surface area contributed by atoms with E-state index in [1.807, 2.05) is 30.3 Å². The van der Waals surface area contributed by atoms with Gasteiger partial charge in [0, 0.05) is 43.8 Å². The number of hydrogen-bond acceptors (Lipinski definition) is 3. The highest BCUT2D eigenvalue weighted by Gasteiger charge is 2.36. The van der Waals surface area contributed by atoms with Crippen LogP contribution in [0.5, 0.6) is 0 Å². The van der Waals surface area contributed by atoms with Gasteiger partial charge in [-0.25, -0.2) is 0 Å². The van der Waals surface area contributed by atoms with Crippen molar-refractivity contribution in [2.24, 2.45) is 4.99 Å². The van der Waals surface area contributed by atoms with Gasteiger partial charge in [0.05, 0.1) is 13.2 Å². The van der Waals surface area contributed by atoms with Crippen LogP contribution in [0.15, 0.2) is 59.6 Å². The summed E-state index contributed by atoms with van der Waals surface area (Å²) in [5, 5.41) is 7.63. The Balaban J connectivity index is 0.00000320. The highest BCUT2D eigenvalue weighted by atomic mass is 127. The van der Waals surface area contributed by atoms with Crippen LogP contribution in [-0.4, -0.2) is 45.9 Å². The fourth-order valence-electron chi connectivity index (χ4n) is 3.67. The van der Waals surface area contributed by atoms with Crippen molar-refractivity contribution in [2.45, 2.75) is 24.9 Å². The topological polar surface area (TPSA) is 54.9 Å². The number of halogens is 2. The molecule has 0 aromatic heterocycles. The number of nitrogens with zero attached hydrogens (tertiary/aromatic N) is 1. The minimum absolute atomic E-state index is 0. The Bertz CT molecular complexity index is 783. The van der Waals surface area contributed by atoms with Crippen molar-refractivity contribution < 1.29 is 9.47 Å². The molecule has 0 unspecified atom stereocenters. The molecule has 2 aromatic rings. The van der Waals surface area contributed by atoms with Gasteiger partial charge in [0.25, 0.3) is 0 Å². The van der Waals surface area contributed by atoms with E-state index < -0.39 is 0 Å². The maximum atomic E-state index is 6.53. The van der Waals surface area contributed by atoms with Crippen molar-refractivity contribution in [1.29, 1.82) is 0 Å². The average molecular weight is 544 g/mol. The van der Waals surface area contributed by atoms with Gasteiger partial charge in [-0.05, 0) is 30.0 Å². The normalized spacial score (nSPS) is 15.9. The predicted molar refractivity (Wildman–Crippen MR) is 134 cm³/mol. The van der Waals surface area contributed by atoms with Crippen molar-refractivity contribution in [2.75, 3.05) is 40.0 Å². The molecule has 2 aromatic carbocycles. The van der Waals surface area contributed by atoms with Gasteiger partial charge in [0.1, 0.15) is 0 Å². The molecule has 5 nitrogen and oxygen atoms in total. The second-order valence-corrected chi connectivity index (χ2v) is 7.67. The Morgan fingerprint density at radius 3 is 2.47 bits per heavy atom. The van der Waals surface area contributed by atoms with Gasteiger partial charge < -0.3 is 20.1 Å². The van der Waals surface area contributed by atoms with Crippen LogP contribution in [0.2, 0.25) is 5.02 Å². The molecule has 1 heterocycles. The summed E-state index contributed by atoms with van der Waals surface area (Å²) in [5.74, 6) is 0.770. The summed E-state index contributed by atoms with van der Waals surface area (Å²) in [5.41, 5.74) is 2.30. The van der Waals surface area contributed by atoms with E-state index in [2.05, 4.69) is 39.9 Å². The van der Waals surface area contributed by atoms with Crippen LogP contribution in [0.25, 0.3) is 0 Å². The van der Waals surface area contributed by atoms with Gasteiger partial charge in [0.2, 0.25) is 0 Å². The standard InChI is InChI=1S/C23H30ClN3O2.HI/c1-25-22(26-13-16-29-17-19-7-3-2-4-8-19)27-18-23(11-14-28-15-12-23)20-9-5-6-10-21(20)24;/h2-10H,11-18H2,1H3,(H2,25,26,27);1H. The maximum absolute atomic E-state index is 6.53. The minimum Gasteiger partial charge on any atom is -0.381 e. The van der Waals surface area contributed by atoms with Crippen LogP contribution >= 0.6 is 35.6 Å². The number of benzene rings is 2. The van der Waals surface area contributed by atoms with Crippen LogP contribution in [0, 0.1) is 0 Å². The second kappa shape index (κ2) is 13.1. The van der Waals surface area contributed by atoms with Gasteiger partial charge in [-0.1, -0.05) is 60.1 Å². The van der Waals surface area contributed by atoms with Crippen molar-refractivity contribution >= 4 is 41.5 Å². The molecular weight excluding hydrogens is 513 g/mol. The lowest BCUT2D eigenvalue weighted by Gasteiger charge is -2.38. The largest absolute Gasteiger partial charge is 0.381 e. The molecule has 0 amide bonds. The first-order valence-electron chi connectivity index (χ1n) is 10.1. The van der Waals surface area contributed by atoms with E-state index in [1.54, 1.807) is 7.05 Å². The quantitative estimate of drug-likeness (QED) is 0.224. The summed E-state index contributed by atoms with van der Waals surface area (Å²) in [6, 6.07) is 18.3. The summed E-state index contributed by atoms with van der Waals surface area (Å²) >= 11 is 6.53. The zero-order chi connectivity index (χ0) is 20.4. The molecule has 0 aliphatic carbocycles. The van der Waals surface area contributed by atoms with Gasteiger partial charge in [-0.3, -0.25) is 4.99 Å². The van der Waals surface area contributed by atoms with Crippen LogP contribution < -0.4 is 10.6 Å². The first kappa shape index (κ1) is 24.9. The molecule has 2 N–H and O–H groups in total. The zero-order valence-electron chi connectivity index (χ0n) is 17.4. The van der Waals surface area contributed by atoms with Gasteiger partial charge in [-0.15, -0.1) is 24.0 Å².